The van der Waals surface area contributed by atoms with E-state index in [1.807, 2.05) is 13.0 Å². The topological polar surface area (TPSA) is 87.7 Å². The fourth-order valence-corrected chi connectivity index (χ4v) is 4.19. The molecule has 0 spiro atoms. The molecule has 2 saturated heterocycles. The minimum Gasteiger partial charge on any atom is -0.391 e. The third kappa shape index (κ3) is 3.91. The molecule has 150 valence electrons. The number of benzene rings is 1. The summed E-state index contributed by atoms with van der Waals surface area (Å²) < 4.78 is 5.94. The van der Waals surface area contributed by atoms with E-state index in [1.54, 1.807) is 0 Å². The van der Waals surface area contributed by atoms with Crippen LogP contribution in [0.15, 0.2) is 24.3 Å². The van der Waals surface area contributed by atoms with Gasteiger partial charge in [0.1, 0.15) is 5.82 Å². The molecular weight excluding hydrogens is 354 g/mol. The molecule has 1 aromatic carbocycles. The zero-order valence-corrected chi connectivity index (χ0v) is 16.6. The van der Waals surface area contributed by atoms with Gasteiger partial charge in [-0.3, -0.25) is 0 Å². The van der Waals surface area contributed by atoms with Crippen LogP contribution in [0.5, 0.6) is 0 Å². The van der Waals surface area contributed by atoms with Gasteiger partial charge in [-0.05, 0) is 49.9 Å². The van der Waals surface area contributed by atoms with Crippen LogP contribution in [0, 0.1) is 13.8 Å². The van der Waals surface area contributed by atoms with Gasteiger partial charge < -0.3 is 25.4 Å². The second-order valence-electron chi connectivity index (χ2n) is 7.79. The molecule has 0 saturated carbocycles. The SMILES string of the molecule is Cc1cc(N2CCCOCC2c2cc(N3CC[C@H](O)C3)ccc2C)nc(N)n1. The molecule has 7 heteroatoms. The second kappa shape index (κ2) is 7.93. The van der Waals surface area contributed by atoms with Crippen molar-refractivity contribution in [2.75, 3.05) is 48.4 Å². The Hall–Kier alpha value is -2.38. The molecule has 0 amide bonds. The average Bonchev–Trinajstić information content (AvgIpc) is 2.94. The van der Waals surface area contributed by atoms with Crippen LogP contribution in [0.25, 0.3) is 0 Å². The number of nitrogen functional groups attached to an aromatic ring is 1. The molecule has 2 aliphatic heterocycles. The van der Waals surface area contributed by atoms with Crippen LogP contribution in [0.3, 0.4) is 0 Å². The Morgan fingerprint density at radius 3 is 2.79 bits per heavy atom. The van der Waals surface area contributed by atoms with Crippen LogP contribution in [0.1, 0.15) is 35.7 Å². The zero-order chi connectivity index (χ0) is 19.7. The molecule has 4 rings (SSSR count). The summed E-state index contributed by atoms with van der Waals surface area (Å²) in [5, 5.41) is 9.92. The number of aliphatic hydroxyl groups is 1. The summed E-state index contributed by atoms with van der Waals surface area (Å²) >= 11 is 0. The summed E-state index contributed by atoms with van der Waals surface area (Å²) in [6, 6.07) is 8.61. The number of anilines is 3. The Bertz CT molecular complexity index is 823. The van der Waals surface area contributed by atoms with Crippen molar-refractivity contribution in [3.8, 4) is 0 Å². The van der Waals surface area contributed by atoms with Crippen molar-refractivity contribution in [2.24, 2.45) is 0 Å². The molecular formula is C21H29N5O2. The molecule has 2 atom stereocenters. The predicted octanol–water partition coefficient (Wildman–Crippen LogP) is 2.21. The zero-order valence-electron chi connectivity index (χ0n) is 16.6. The van der Waals surface area contributed by atoms with Crippen molar-refractivity contribution in [2.45, 2.75) is 38.8 Å². The molecule has 2 aliphatic rings. The van der Waals surface area contributed by atoms with E-state index in [1.165, 1.54) is 11.1 Å². The Morgan fingerprint density at radius 1 is 1.18 bits per heavy atom. The largest absolute Gasteiger partial charge is 0.391 e. The Morgan fingerprint density at radius 2 is 2.04 bits per heavy atom. The normalized spacial score (nSPS) is 23.1. The predicted molar refractivity (Wildman–Crippen MR) is 111 cm³/mol. The van der Waals surface area contributed by atoms with E-state index in [2.05, 4.69) is 44.9 Å². The van der Waals surface area contributed by atoms with Gasteiger partial charge in [-0.15, -0.1) is 0 Å². The smallest absolute Gasteiger partial charge is 0.222 e. The molecule has 2 aromatic rings. The van der Waals surface area contributed by atoms with E-state index in [-0.39, 0.29) is 12.1 Å². The van der Waals surface area contributed by atoms with E-state index in [0.29, 0.717) is 19.1 Å². The third-order valence-corrected chi connectivity index (χ3v) is 5.64. The number of hydrogen-bond acceptors (Lipinski definition) is 7. The van der Waals surface area contributed by atoms with Gasteiger partial charge in [0.05, 0.1) is 18.8 Å². The van der Waals surface area contributed by atoms with Gasteiger partial charge in [0.25, 0.3) is 0 Å². The number of aromatic nitrogens is 2. The Kier molecular flexibility index (Phi) is 5.37. The summed E-state index contributed by atoms with van der Waals surface area (Å²) in [6.45, 7) is 7.85. The van der Waals surface area contributed by atoms with Crippen LogP contribution >= 0.6 is 0 Å². The molecule has 3 heterocycles. The van der Waals surface area contributed by atoms with Crippen LogP contribution in [-0.4, -0.2) is 54.0 Å². The fraction of sp³-hybridized carbons (Fsp3) is 0.524. The molecule has 2 fully saturated rings. The lowest BCUT2D eigenvalue weighted by Gasteiger charge is -2.32. The van der Waals surface area contributed by atoms with Crippen molar-refractivity contribution >= 4 is 17.5 Å². The quantitative estimate of drug-likeness (QED) is 0.840. The maximum atomic E-state index is 9.92. The average molecular weight is 383 g/mol. The van der Waals surface area contributed by atoms with Crippen molar-refractivity contribution in [3.63, 3.8) is 0 Å². The molecule has 3 N–H and O–H groups in total. The monoisotopic (exact) mass is 383 g/mol. The van der Waals surface area contributed by atoms with Crippen LogP contribution in [0.4, 0.5) is 17.5 Å². The number of rotatable bonds is 3. The first-order valence-electron chi connectivity index (χ1n) is 10.0. The highest BCUT2D eigenvalue weighted by atomic mass is 16.5. The lowest BCUT2D eigenvalue weighted by atomic mass is 9.99. The summed E-state index contributed by atoms with van der Waals surface area (Å²) in [6.07, 6.45) is 1.52. The first-order valence-corrected chi connectivity index (χ1v) is 10.0. The van der Waals surface area contributed by atoms with E-state index < -0.39 is 0 Å². The lowest BCUT2D eigenvalue weighted by Crippen LogP contribution is -2.32. The number of ether oxygens (including phenoxy) is 1. The Balaban J connectivity index is 1.71. The lowest BCUT2D eigenvalue weighted by molar-refractivity contribution is 0.134. The highest BCUT2D eigenvalue weighted by Crippen LogP contribution is 2.34. The van der Waals surface area contributed by atoms with E-state index in [4.69, 9.17) is 10.5 Å². The van der Waals surface area contributed by atoms with Crippen molar-refractivity contribution in [1.82, 2.24) is 9.97 Å². The van der Waals surface area contributed by atoms with Crippen molar-refractivity contribution < 1.29 is 9.84 Å². The maximum Gasteiger partial charge on any atom is 0.222 e. The maximum absolute atomic E-state index is 9.92. The van der Waals surface area contributed by atoms with Gasteiger partial charge in [0.15, 0.2) is 0 Å². The van der Waals surface area contributed by atoms with Gasteiger partial charge >= 0.3 is 0 Å². The van der Waals surface area contributed by atoms with E-state index >= 15 is 0 Å². The molecule has 1 unspecified atom stereocenters. The van der Waals surface area contributed by atoms with Gasteiger partial charge in [-0.25, -0.2) is 4.98 Å². The second-order valence-corrected chi connectivity index (χ2v) is 7.79. The van der Waals surface area contributed by atoms with Crippen LogP contribution < -0.4 is 15.5 Å². The van der Waals surface area contributed by atoms with Crippen LogP contribution in [0.2, 0.25) is 0 Å². The first kappa shape index (κ1) is 19.0. The number of hydrogen-bond donors (Lipinski definition) is 2. The summed E-state index contributed by atoms with van der Waals surface area (Å²) in [5.41, 5.74) is 10.4. The summed E-state index contributed by atoms with van der Waals surface area (Å²) in [7, 11) is 0. The summed E-state index contributed by atoms with van der Waals surface area (Å²) in [5.74, 6) is 1.15. The molecule has 0 aliphatic carbocycles. The minimum absolute atomic E-state index is 0.0590. The highest BCUT2D eigenvalue weighted by molar-refractivity contribution is 5.55. The first-order chi connectivity index (χ1) is 13.5. The van der Waals surface area contributed by atoms with Crippen molar-refractivity contribution in [1.29, 1.82) is 0 Å². The van der Waals surface area contributed by atoms with Gasteiger partial charge in [0.2, 0.25) is 5.95 Å². The number of aliphatic hydroxyl groups excluding tert-OH is 1. The fourth-order valence-electron chi connectivity index (χ4n) is 4.19. The number of aryl methyl sites for hydroxylation is 2. The van der Waals surface area contributed by atoms with E-state index in [9.17, 15) is 5.11 Å². The standard InChI is InChI=1S/C21H29N5O2/c1-14-4-5-16(25-8-6-17(27)12-25)11-18(14)19-13-28-9-3-7-26(19)20-10-15(2)23-21(22)24-20/h4-5,10-11,17,19,27H,3,6-9,12-13H2,1-2H3,(H2,22,23,24)/t17-,19?/m0/s1. The summed E-state index contributed by atoms with van der Waals surface area (Å²) in [4.78, 5) is 13.3. The van der Waals surface area contributed by atoms with Gasteiger partial charge in [-0.1, -0.05) is 6.07 Å². The molecule has 0 radical (unpaired) electrons. The Labute approximate surface area is 166 Å². The highest BCUT2D eigenvalue weighted by Gasteiger charge is 2.28. The van der Waals surface area contributed by atoms with E-state index in [0.717, 1.165) is 49.7 Å². The molecule has 7 nitrogen and oxygen atoms in total. The van der Waals surface area contributed by atoms with Gasteiger partial charge in [-0.2, -0.15) is 4.98 Å². The minimum atomic E-state index is -0.241. The number of nitrogens with two attached hydrogens (primary N) is 1. The molecule has 0 bridgehead atoms. The van der Waals surface area contributed by atoms with Gasteiger partial charge in [0, 0.05) is 43.7 Å². The number of nitrogens with zero attached hydrogens (tertiary/aromatic N) is 4. The van der Waals surface area contributed by atoms with Crippen LogP contribution in [-0.2, 0) is 4.74 Å². The molecule has 1 aromatic heterocycles. The molecule has 28 heavy (non-hydrogen) atoms. The third-order valence-electron chi connectivity index (χ3n) is 5.64. The van der Waals surface area contributed by atoms with Crippen molar-refractivity contribution in [3.05, 3.63) is 41.1 Å². The number of β-amino-alcohol motifs (C(OH)–C–C–N with tert-alkyl or cyclic N) is 1.